The lowest BCUT2D eigenvalue weighted by molar-refractivity contribution is 0.0950. The van der Waals surface area contributed by atoms with E-state index in [2.05, 4.69) is 25.3 Å². The highest BCUT2D eigenvalue weighted by atomic mass is 16.5. The number of aromatic nitrogens is 4. The summed E-state index contributed by atoms with van der Waals surface area (Å²) < 4.78 is 7.12. The van der Waals surface area contributed by atoms with Crippen molar-refractivity contribution in [1.29, 1.82) is 0 Å². The second kappa shape index (κ2) is 8.83. The van der Waals surface area contributed by atoms with E-state index in [0.717, 1.165) is 30.2 Å². The fourth-order valence-corrected chi connectivity index (χ4v) is 3.39. The van der Waals surface area contributed by atoms with Crippen molar-refractivity contribution in [2.24, 2.45) is 0 Å². The van der Waals surface area contributed by atoms with Crippen molar-refractivity contribution in [3.63, 3.8) is 0 Å². The van der Waals surface area contributed by atoms with Gasteiger partial charge in [0, 0.05) is 32.0 Å². The van der Waals surface area contributed by atoms with E-state index in [9.17, 15) is 4.79 Å². The molecule has 0 spiro atoms. The summed E-state index contributed by atoms with van der Waals surface area (Å²) in [6.07, 6.45) is 5.78. The van der Waals surface area contributed by atoms with Gasteiger partial charge in [-0.1, -0.05) is 13.0 Å². The SMILES string of the molecule is CCc1c(C(=O)NCc2ccnc(N3CCOCC3)c2)cnn1-c1ccccn1. The minimum Gasteiger partial charge on any atom is -0.378 e. The molecule has 3 aromatic heterocycles. The summed E-state index contributed by atoms with van der Waals surface area (Å²) in [6, 6.07) is 9.56. The number of hydrogen-bond donors (Lipinski definition) is 1. The molecule has 1 fully saturated rings. The number of nitrogens with one attached hydrogen (secondary N) is 1. The van der Waals surface area contributed by atoms with Gasteiger partial charge >= 0.3 is 0 Å². The van der Waals surface area contributed by atoms with Crippen LogP contribution in [0.3, 0.4) is 0 Å². The maximum Gasteiger partial charge on any atom is 0.255 e. The van der Waals surface area contributed by atoms with Crippen LogP contribution in [0.1, 0.15) is 28.5 Å². The maximum atomic E-state index is 12.8. The zero-order valence-electron chi connectivity index (χ0n) is 16.4. The van der Waals surface area contributed by atoms with Crippen molar-refractivity contribution in [3.05, 3.63) is 65.7 Å². The summed E-state index contributed by atoms with van der Waals surface area (Å²) in [7, 11) is 0. The first-order valence-electron chi connectivity index (χ1n) is 9.80. The average Bonchev–Trinajstić information content (AvgIpc) is 3.23. The highest BCUT2D eigenvalue weighted by molar-refractivity contribution is 5.95. The van der Waals surface area contributed by atoms with Gasteiger partial charge in [0.1, 0.15) is 5.82 Å². The van der Waals surface area contributed by atoms with Gasteiger partial charge in [-0.15, -0.1) is 0 Å². The van der Waals surface area contributed by atoms with Crippen molar-refractivity contribution in [2.75, 3.05) is 31.2 Å². The molecule has 1 N–H and O–H groups in total. The predicted octanol–water partition coefficient (Wildman–Crippen LogP) is 1.99. The molecular formula is C21H24N6O2. The smallest absolute Gasteiger partial charge is 0.255 e. The van der Waals surface area contributed by atoms with E-state index in [1.54, 1.807) is 23.3 Å². The fraction of sp³-hybridized carbons (Fsp3) is 0.333. The summed E-state index contributed by atoms with van der Waals surface area (Å²) in [5, 5.41) is 7.37. The fourth-order valence-electron chi connectivity index (χ4n) is 3.39. The van der Waals surface area contributed by atoms with E-state index in [4.69, 9.17) is 4.74 Å². The minimum atomic E-state index is -0.145. The molecular weight excluding hydrogens is 368 g/mol. The van der Waals surface area contributed by atoms with Gasteiger partial charge in [-0.3, -0.25) is 4.79 Å². The first-order valence-corrected chi connectivity index (χ1v) is 9.80. The number of amides is 1. The van der Waals surface area contributed by atoms with Crippen LogP contribution >= 0.6 is 0 Å². The summed E-state index contributed by atoms with van der Waals surface area (Å²) in [5.41, 5.74) is 2.41. The molecule has 0 bridgehead atoms. The van der Waals surface area contributed by atoms with Gasteiger partial charge < -0.3 is 15.0 Å². The molecule has 0 aromatic carbocycles. The Morgan fingerprint density at radius 2 is 1.97 bits per heavy atom. The first kappa shape index (κ1) is 19.1. The standard InChI is InChI=1S/C21H24N6O2/c1-2-18-17(15-25-27(18)19-5-3-4-7-22-19)21(28)24-14-16-6-8-23-20(13-16)26-9-11-29-12-10-26/h3-8,13,15H,2,9-12,14H2,1H3,(H,24,28). The lowest BCUT2D eigenvalue weighted by Crippen LogP contribution is -2.36. The normalized spacial score (nSPS) is 14.0. The van der Waals surface area contributed by atoms with Crippen LogP contribution in [-0.2, 0) is 17.7 Å². The molecule has 0 aliphatic carbocycles. The molecule has 4 heterocycles. The van der Waals surface area contributed by atoms with Gasteiger partial charge in [0.05, 0.1) is 30.7 Å². The predicted molar refractivity (Wildman–Crippen MR) is 109 cm³/mol. The topological polar surface area (TPSA) is 85.2 Å². The summed E-state index contributed by atoms with van der Waals surface area (Å²) in [5.74, 6) is 1.47. The van der Waals surface area contributed by atoms with E-state index >= 15 is 0 Å². The number of pyridine rings is 2. The second-order valence-electron chi connectivity index (χ2n) is 6.76. The third-order valence-corrected chi connectivity index (χ3v) is 4.91. The van der Waals surface area contributed by atoms with Gasteiger partial charge in [0.15, 0.2) is 5.82 Å². The van der Waals surface area contributed by atoms with Gasteiger partial charge in [0.25, 0.3) is 5.91 Å². The highest BCUT2D eigenvalue weighted by Crippen LogP contribution is 2.16. The molecule has 8 heteroatoms. The number of carbonyl (C=O) groups excluding carboxylic acids is 1. The van der Waals surface area contributed by atoms with Crippen LogP contribution in [-0.4, -0.2) is 52.0 Å². The lowest BCUT2D eigenvalue weighted by atomic mass is 10.2. The van der Waals surface area contributed by atoms with Crippen LogP contribution in [0.25, 0.3) is 5.82 Å². The van der Waals surface area contributed by atoms with Crippen LogP contribution in [0.15, 0.2) is 48.9 Å². The number of nitrogens with zero attached hydrogens (tertiary/aromatic N) is 5. The van der Waals surface area contributed by atoms with Crippen LogP contribution in [0, 0.1) is 0 Å². The molecule has 150 valence electrons. The van der Waals surface area contributed by atoms with E-state index in [1.165, 1.54) is 0 Å². The Hall–Kier alpha value is -3.26. The van der Waals surface area contributed by atoms with Gasteiger partial charge in [-0.05, 0) is 36.2 Å². The Kier molecular flexibility index (Phi) is 5.81. The number of ether oxygens (including phenoxy) is 1. The number of carbonyl (C=O) groups is 1. The zero-order valence-corrected chi connectivity index (χ0v) is 16.4. The minimum absolute atomic E-state index is 0.145. The monoisotopic (exact) mass is 392 g/mol. The molecule has 0 saturated carbocycles. The van der Waals surface area contributed by atoms with Crippen LogP contribution < -0.4 is 10.2 Å². The highest BCUT2D eigenvalue weighted by Gasteiger charge is 2.18. The molecule has 1 amide bonds. The molecule has 1 saturated heterocycles. The molecule has 0 atom stereocenters. The molecule has 0 unspecified atom stereocenters. The molecule has 4 rings (SSSR count). The van der Waals surface area contributed by atoms with Crippen LogP contribution in [0.2, 0.25) is 0 Å². The quantitative estimate of drug-likeness (QED) is 0.691. The number of morpholine rings is 1. The lowest BCUT2D eigenvalue weighted by Gasteiger charge is -2.28. The van der Waals surface area contributed by atoms with Crippen molar-refractivity contribution in [3.8, 4) is 5.82 Å². The van der Waals surface area contributed by atoms with E-state index < -0.39 is 0 Å². The maximum absolute atomic E-state index is 12.8. The largest absolute Gasteiger partial charge is 0.378 e. The number of hydrogen-bond acceptors (Lipinski definition) is 6. The van der Waals surface area contributed by atoms with Gasteiger partial charge in [-0.2, -0.15) is 5.10 Å². The number of rotatable bonds is 6. The van der Waals surface area contributed by atoms with Gasteiger partial charge in [0.2, 0.25) is 0 Å². The van der Waals surface area contributed by atoms with E-state index in [-0.39, 0.29) is 5.91 Å². The van der Waals surface area contributed by atoms with E-state index in [1.807, 2.05) is 37.3 Å². The van der Waals surface area contributed by atoms with Crippen molar-refractivity contribution in [2.45, 2.75) is 19.9 Å². The first-order chi connectivity index (χ1) is 14.3. The number of anilines is 1. The Morgan fingerprint density at radius 3 is 2.72 bits per heavy atom. The van der Waals surface area contributed by atoms with Gasteiger partial charge in [-0.25, -0.2) is 14.6 Å². The average molecular weight is 392 g/mol. The summed E-state index contributed by atoms with van der Waals surface area (Å²) in [4.78, 5) is 23.8. The molecule has 3 aromatic rings. The summed E-state index contributed by atoms with van der Waals surface area (Å²) >= 11 is 0. The van der Waals surface area contributed by atoms with E-state index in [0.29, 0.717) is 37.6 Å². The van der Waals surface area contributed by atoms with Crippen LogP contribution in [0.4, 0.5) is 5.82 Å². The Bertz CT molecular complexity index is 966. The molecule has 1 aliphatic heterocycles. The Labute approximate surface area is 169 Å². The third-order valence-electron chi connectivity index (χ3n) is 4.91. The second-order valence-corrected chi connectivity index (χ2v) is 6.76. The Morgan fingerprint density at radius 1 is 1.14 bits per heavy atom. The molecule has 29 heavy (non-hydrogen) atoms. The zero-order chi connectivity index (χ0) is 20.1. The molecule has 8 nitrogen and oxygen atoms in total. The Balaban J connectivity index is 1.46. The van der Waals surface area contributed by atoms with Crippen molar-refractivity contribution >= 4 is 11.7 Å². The third kappa shape index (κ3) is 4.27. The van der Waals surface area contributed by atoms with Crippen LogP contribution in [0.5, 0.6) is 0 Å². The van der Waals surface area contributed by atoms with Crippen molar-refractivity contribution in [1.82, 2.24) is 25.1 Å². The summed E-state index contributed by atoms with van der Waals surface area (Å²) in [6.45, 7) is 5.51. The van der Waals surface area contributed by atoms with Crippen molar-refractivity contribution < 1.29 is 9.53 Å². The molecule has 0 radical (unpaired) electrons. The molecule has 1 aliphatic rings.